The highest BCUT2D eigenvalue weighted by Gasteiger charge is 2.65. The molecule has 0 saturated heterocycles. The summed E-state index contributed by atoms with van der Waals surface area (Å²) in [4.78, 5) is 8.28. The van der Waals surface area contributed by atoms with Crippen molar-refractivity contribution in [1.29, 1.82) is 0 Å². The van der Waals surface area contributed by atoms with Crippen molar-refractivity contribution < 1.29 is 0 Å². The zero-order valence-electron chi connectivity index (χ0n) is 8.94. The van der Waals surface area contributed by atoms with Gasteiger partial charge in [-0.2, -0.15) is 0 Å². The summed E-state index contributed by atoms with van der Waals surface area (Å²) < 4.78 is 0.979. The zero-order chi connectivity index (χ0) is 10.7. The normalized spacial score (nSPS) is 43.2. The number of hydrogen-bond acceptors (Lipinski definition) is 3. The van der Waals surface area contributed by atoms with Crippen LogP contribution < -0.4 is 5.32 Å². The minimum absolute atomic E-state index is 0.692. The van der Waals surface area contributed by atoms with Gasteiger partial charge in [0.2, 0.25) is 0 Å². The number of nitrogens with zero attached hydrogens (tertiary/aromatic N) is 2. The molecule has 4 heteroatoms. The summed E-state index contributed by atoms with van der Waals surface area (Å²) in [7, 11) is 0. The van der Waals surface area contributed by atoms with Crippen LogP contribution in [0.1, 0.15) is 19.3 Å². The van der Waals surface area contributed by atoms with Crippen molar-refractivity contribution >= 4 is 21.7 Å². The summed E-state index contributed by atoms with van der Waals surface area (Å²) in [6.45, 7) is 0. The third-order valence-electron chi connectivity index (χ3n) is 4.71. The first-order chi connectivity index (χ1) is 7.84. The van der Waals surface area contributed by atoms with Gasteiger partial charge in [-0.1, -0.05) is 0 Å². The highest BCUT2D eigenvalue weighted by molar-refractivity contribution is 9.10. The van der Waals surface area contributed by atoms with Crippen molar-refractivity contribution in [2.75, 3.05) is 5.32 Å². The number of halogens is 1. The molecular formula is C12H14BrN3. The second-order valence-corrected chi connectivity index (χ2v) is 6.23. The zero-order valence-corrected chi connectivity index (χ0v) is 10.5. The Balaban J connectivity index is 1.53. The number of aromatic nitrogens is 2. The molecule has 0 aromatic carbocycles. The van der Waals surface area contributed by atoms with E-state index in [9.17, 15) is 0 Å². The van der Waals surface area contributed by atoms with E-state index in [2.05, 4.69) is 31.2 Å². The second kappa shape index (κ2) is 3.19. The van der Waals surface area contributed by atoms with Crippen molar-refractivity contribution in [2.24, 2.45) is 23.7 Å². The lowest BCUT2D eigenvalue weighted by molar-refractivity contribution is 0.456. The van der Waals surface area contributed by atoms with E-state index >= 15 is 0 Å². The highest BCUT2D eigenvalue weighted by Crippen LogP contribution is 2.66. The molecule has 3 nitrogen and oxygen atoms in total. The molecule has 4 rings (SSSR count). The molecule has 3 saturated carbocycles. The maximum absolute atomic E-state index is 4.29. The molecule has 0 aliphatic heterocycles. The Bertz CT molecular complexity index is 420. The van der Waals surface area contributed by atoms with Crippen LogP contribution in [0.5, 0.6) is 0 Å². The maximum Gasteiger partial charge on any atom is 0.143 e. The molecule has 4 atom stereocenters. The molecule has 84 valence electrons. The van der Waals surface area contributed by atoms with Crippen LogP contribution in [0, 0.1) is 23.7 Å². The number of anilines is 1. The Morgan fingerprint density at radius 2 is 2.00 bits per heavy atom. The standard InChI is InChI=1S/C12H14BrN3/c13-8-4-14-5-15-12(8)16-11-9-6-1-2-7(3-6)10(9)11/h4-7,9-11H,1-3H2,(H,14,15,16). The largest absolute Gasteiger partial charge is 0.366 e. The highest BCUT2D eigenvalue weighted by atomic mass is 79.9. The lowest BCUT2D eigenvalue weighted by Crippen LogP contribution is -2.14. The number of hydrogen-bond donors (Lipinski definition) is 1. The average Bonchev–Trinajstić information content (AvgIpc) is 2.71. The van der Waals surface area contributed by atoms with Crippen LogP contribution in [-0.2, 0) is 0 Å². The predicted molar refractivity (Wildman–Crippen MR) is 65.0 cm³/mol. The molecule has 1 aromatic heterocycles. The van der Waals surface area contributed by atoms with E-state index < -0.39 is 0 Å². The lowest BCUT2D eigenvalue weighted by Gasteiger charge is -2.11. The van der Waals surface area contributed by atoms with E-state index in [1.54, 1.807) is 6.33 Å². The van der Waals surface area contributed by atoms with Gasteiger partial charge in [-0.3, -0.25) is 0 Å². The molecule has 4 unspecified atom stereocenters. The van der Waals surface area contributed by atoms with Crippen molar-refractivity contribution in [1.82, 2.24) is 9.97 Å². The van der Waals surface area contributed by atoms with Gasteiger partial charge in [-0.05, 0) is 58.9 Å². The number of rotatable bonds is 2. The van der Waals surface area contributed by atoms with E-state index in [0.29, 0.717) is 6.04 Å². The Hall–Kier alpha value is -0.640. The molecular weight excluding hydrogens is 266 g/mol. The Morgan fingerprint density at radius 1 is 1.25 bits per heavy atom. The molecule has 1 heterocycles. The van der Waals surface area contributed by atoms with Crippen molar-refractivity contribution in [3.8, 4) is 0 Å². The average molecular weight is 280 g/mol. The van der Waals surface area contributed by atoms with E-state index in [1.807, 2.05) is 6.20 Å². The molecule has 2 bridgehead atoms. The van der Waals surface area contributed by atoms with Gasteiger partial charge in [0.25, 0.3) is 0 Å². The van der Waals surface area contributed by atoms with Crippen LogP contribution in [0.3, 0.4) is 0 Å². The fraction of sp³-hybridized carbons (Fsp3) is 0.667. The Morgan fingerprint density at radius 3 is 2.69 bits per heavy atom. The lowest BCUT2D eigenvalue weighted by atomic mass is 10.0. The summed E-state index contributed by atoms with van der Waals surface area (Å²) in [5, 5.41) is 3.59. The van der Waals surface area contributed by atoms with Gasteiger partial charge in [0, 0.05) is 12.2 Å². The summed E-state index contributed by atoms with van der Waals surface area (Å²) in [6, 6.07) is 0.692. The third kappa shape index (κ3) is 1.19. The fourth-order valence-corrected chi connectivity index (χ4v) is 4.43. The molecule has 0 radical (unpaired) electrons. The summed E-state index contributed by atoms with van der Waals surface area (Å²) in [5.41, 5.74) is 0. The minimum atomic E-state index is 0.692. The first-order valence-corrected chi connectivity index (χ1v) is 6.86. The van der Waals surface area contributed by atoms with Crippen LogP contribution in [-0.4, -0.2) is 16.0 Å². The Labute approximate surface area is 103 Å². The van der Waals surface area contributed by atoms with Crippen LogP contribution in [0.25, 0.3) is 0 Å². The quantitative estimate of drug-likeness (QED) is 0.905. The van der Waals surface area contributed by atoms with E-state index in [0.717, 1.165) is 34.0 Å². The maximum atomic E-state index is 4.29. The van der Waals surface area contributed by atoms with Gasteiger partial charge in [0.15, 0.2) is 0 Å². The van der Waals surface area contributed by atoms with Crippen molar-refractivity contribution in [3.05, 3.63) is 17.0 Å². The first kappa shape index (κ1) is 9.40. The predicted octanol–water partition coefficient (Wildman–Crippen LogP) is 2.70. The van der Waals surface area contributed by atoms with Gasteiger partial charge in [-0.25, -0.2) is 9.97 Å². The van der Waals surface area contributed by atoms with E-state index in [-0.39, 0.29) is 0 Å². The van der Waals surface area contributed by atoms with Crippen LogP contribution >= 0.6 is 15.9 Å². The molecule has 0 amide bonds. The van der Waals surface area contributed by atoms with Crippen LogP contribution in [0.2, 0.25) is 0 Å². The van der Waals surface area contributed by atoms with Gasteiger partial charge in [-0.15, -0.1) is 0 Å². The molecule has 1 N–H and O–H groups in total. The van der Waals surface area contributed by atoms with Gasteiger partial charge in [0.05, 0.1) is 4.47 Å². The summed E-state index contributed by atoms with van der Waals surface area (Å²) in [6.07, 6.45) is 7.85. The topological polar surface area (TPSA) is 37.8 Å². The summed E-state index contributed by atoms with van der Waals surface area (Å²) >= 11 is 3.49. The van der Waals surface area contributed by atoms with Crippen LogP contribution in [0.4, 0.5) is 5.82 Å². The SMILES string of the molecule is Brc1cncnc1NC1C2C3CCC(C3)C12. The summed E-state index contributed by atoms with van der Waals surface area (Å²) in [5.74, 6) is 4.87. The third-order valence-corrected chi connectivity index (χ3v) is 5.29. The van der Waals surface area contributed by atoms with Crippen molar-refractivity contribution in [2.45, 2.75) is 25.3 Å². The molecule has 3 aliphatic carbocycles. The molecule has 3 aliphatic rings. The molecule has 16 heavy (non-hydrogen) atoms. The van der Waals surface area contributed by atoms with Gasteiger partial charge < -0.3 is 5.32 Å². The van der Waals surface area contributed by atoms with Gasteiger partial charge >= 0.3 is 0 Å². The smallest absolute Gasteiger partial charge is 0.143 e. The van der Waals surface area contributed by atoms with Crippen LogP contribution in [0.15, 0.2) is 17.0 Å². The molecule has 0 spiro atoms. The number of fused-ring (bicyclic) bond motifs is 5. The first-order valence-electron chi connectivity index (χ1n) is 6.06. The van der Waals surface area contributed by atoms with Gasteiger partial charge in [0.1, 0.15) is 12.1 Å². The molecule has 3 fully saturated rings. The van der Waals surface area contributed by atoms with Crippen molar-refractivity contribution in [3.63, 3.8) is 0 Å². The molecule has 1 aromatic rings. The number of nitrogens with one attached hydrogen (secondary N) is 1. The monoisotopic (exact) mass is 279 g/mol. The van der Waals surface area contributed by atoms with E-state index in [1.165, 1.54) is 19.3 Å². The van der Waals surface area contributed by atoms with E-state index in [4.69, 9.17) is 0 Å². The minimum Gasteiger partial charge on any atom is -0.366 e. The second-order valence-electron chi connectivity index (χ2n) is 5.38. The Kier molecular flexibility index (Phi) is 1.87. The fourth-order valence-electron chi connectivity index (χ4n) is 4.10.